The molecular formula is C15H19N3O. The van der Waals surface area contributed by atoms with Gasteiger partial charge in [0.15, 0.2) is 0 Å². The van der Waals surface area contributed by atoms with Gasteiger partial charge < -0.3 is 14.6 Å². The van der Waals surface area contributed by atoms with Gasteiger partial charge in [-0.3, -0.25) is 0 Å². The van der Waals surface area contributed by atoms with E-state index in [1.165, 1.54) is 0 Å². The van der Waals surface area contributed by atoms with Crippen LogP contribution in [-0.4, -0.2) is 22.7 Å². The average molecular weight is 257 g/mol. The molecule has 2 rings (SSSR count). The number of rotatable bonds is 7. The van der Waals surface area contributed by atoms with Gasteiger partial charge in [0.1, 0.15) is 12.4 Å². The Hall–Kier alpha value is -2.23. The third kappa shape index (κ3) is 3.88. The van der Waals surface area contributed by atoms with Crippen LogP contribution < -0.4 is 10.1 Å². The lowest BCUT2D eigenvalue weighted by Gasteiger charge is -2.09. The average Bonchev–Trinajstić information content (AvgIpc) is 2.78. The van der Waals surface area contributed by atoms with E-state index in [0.717, 1.165) is 23.9 Å². The van der Waals surface area contributed by atoms with Crippen molar-refractivity contribution in [1.82, 2.24) is 9.55 Å². The maximum atomic E-state index is 5.68. The summed E-state index contributed by atoms with van der Waals surface area (Å²) in [6, 6.07) is 9.82. The smallest absolute Gasteiger partial charge is 0.203 e. The molecule has 1 heterocycles. The van der Waals surface area contributed by atoms with Crippen molar-refractivity contribution < 1.29 is 4.74 Å². The molecule has 100 valence electrons. The maximum Gasteiger partial charge on any atom is 0.203 e. The highest BCUT2D eigenvalue weighted by molar-refractivity contribution is 5.29. The van der Waals surface area contributed by atoms with Gasteiger partial charge in [-0.15, -0.1) is 6.58 Å². The molecule has 1 N–H and O–H groups in total. The highest BCUT2D eigenvalue weighted by Crippen LogP contribution is 2.11. The summed E-state index contributed by atoms with van der Waals surface area (Å²) in [4.78, 5) is 4.42. The van der Waals surface area contributed by atoms with Crippen LogP contribution in [0, 0.1) is 6.92 Å². The van der Waals surface area contributed by atoms with Gasteiger partial charge in [-0.05, 0) is 19.1 Å². The van der Waals surface area contributed by atoms with Crippen LogP contribution in [0.25, 0.3) is 0 Å². The van der Waals surface area contributed by atoms with Crippen molar-refractivity contribution in [3.8, 4) is 5.75 Å². The molecule has 0 fully saturated rings. The first-order valence-electron chi connectivity index (χ1n) is 6.36. The van der Waals surface area contributed by atoms with Gasteiger partial charge in [0, 0.05) is 12.7 Å². The zero-order chi connectivity index (χ0) is 13.5. The number of ether oxygens (including phenoxy) is 1. The highest BCUT2D eigenvalue weighted by atomic mass is 16.5. The van der Waals surface area contributed by atoms with Crippen molar-refractivity contribution in [2.45, 2.75) is 13.5 Å². The van der Waals surface area contributed by atoms with Crippen molar-refractivity contribution in [1.29, 1.82) is 0 Å². The topological polar surface area (TPSA) is 39.1 Å². The Morgan fingerprint density at radius 3 is 2.89 bits per heavy atom. The standard InChI is InChI=1S/C15H19N3O/c1-3-9-16-15-17-13(2)12-18(15)10-11-19-14-7-5-4-6-8-14/h3-8,12H,1,9-11H2,2H3,(H,16,17). The molecule has 0 unspecified atom stereocenters. The molecule has 0 saturated heterocycles. The second-order valence-corrected chi connectivity index (χ2v) is 4.23. The van der Waals surface area contributed by atoms with Crippen LogP contribution in [0.1, 0.15) is 5.69 Å². The van der Waals surface area contributed by atoms with Gasteiger partial charge in [0.05, 0.1) is 12.2 Å². The highest BCUT2D eigenvalue weighted by Gasteiger charge is 2.04. The van der Waals surface area contributed by atoms with E-state index >= 15 is 0 Å². The van der Waals surface area contributed by atoms with Crippen LogP contribution in [0.4, 0.5) is 5.95 Å². The number of nitrogens with one attached hydrogen (secondary N) is 1. The molecule has 0 bridgehead atoms. The summed E-state index contributed by atoms with van der Waals surface area (Å²) in [6.07, 6.45) is 3.83. The molecule has 0 atom stereocenters. The summed E-state index contributed by atoms with van der Waals surface area (Å²) in [5.41, 5.74) is 0.992. The van der Waals surface area contributed by atoms with Crippen LogP contribution in [0.2, 0.25) is 0 Å². The zero-order valence-corrected chi connectivity index (χ0v) is 11.2. The van der Waals surface area contributed by atoms with Gasteiger partial charge >= 0.3 is 0 Å². The number of nitrogens with zero attached hydrogens (tertiary/aromatic N) is 2. The fraction of sp³-hybridized carbons (Fsp3) is 0.267. The molecule has 19 heavy (non-hydrogen) atoms. The maximum absolute atomic E-state index is 5.68. The molecule has 1 aromatic carbocycles. The van der Waals surface area contributed by atoms with E-state index in [1.54, 1.807) is 0 Å². The molecule has 4 nitrogen and oxygen atoms in total. The van der Waals surface area contributed by atoms with Crippen LogP contribution >= 0.6 is 0 Å². The third-order valence-electron chi connectivity index (χ3n) is 2.65. The minimum Gasteiger partial charge on any atom is -0.492 e. The van der Waals surface area contributed by atoms with Crippen LogP contribution in [-0.2, 0) is 6.54 Å². The van der Waals surface area contributed by atoms with E-state index in [4.69, 9.17) is 4.74 Å². The Labute approximate surface area is 113 Å². The normalized spacial score (nSPS) is 10.2. The molecule has 0 spiro atoms. The van der Waals surface area contributed by atoms with E-state index in [0.29, 0.717) is 13.2 Å². The Morgan fingerprint density at radius 1 is 1.37 bits per heavy atom. The molecule has 0 radical (unpaired) electrons. The fourth-order valence-corrected chi connectivity index (χ4v) is 1.80. The SMILES string of the molecule is C=CCNc1nc(C)cn1CCOc1ccccc1. The van der Waals surface area contributed by atoms with Crippen LogP contribution in [0.5, 0.6) is 5.75 Å². The predicted molar refractivity (Wildman–Crippen MR) is 77.6 cm³/mol. The molecule has 0 saturated carbocycles. The van der Waals surface area contributed by atoms with E-state index < -0.39 is 0 Å². The second-order valence-electron chi connectivity index (χ2n) is 4.23. The van der Waals surface area contributed by atoms with Crippen molar-refractivity contribution in [3.63, 3.8) is 0 Å². The number of aromatic nitrogens is 2. The van der Waals surface area contributed by atoms with Gasteiger partial charge in [-0.25, -0.2) is 4.98 Å². The van der Waals surface area contributed by atoms with Crippen LogP contribution in [0.15, 0.2) is 49.2 Å². The number of hydrogen-bond donors (Lipinski definition) is 1. The number of para-hydroxylation sites is 1. The Kier molecular flexibility index (Phi) is 4.61. The van der Waals surface area contributed by atoms with Crippen LogP contribution in [0.3, 0.4) is 0 Å². The third-order valence-corrected chi connectivity index (χ3v) is 2.65. The van der Waals surface area contributed by atoms with E-state index in [1.807, 2.05) is 49.5 Å². The first-order chi connectivity index (χ1) is 9.29. The summed E-state index contributed by atoms with van der Waals surface area (Å²) in [6.45, 7) is 7.75. The van der Waals surface area contributed by atoms with Gasteiger partial charge in [0.2, 0.25) is 5.95 Å². The van der Waals surface area contributed by atoms with Gasteiger partial charge in [-0.2, -0.15) is 0 Å². The molecule has 0 aliphatic rings. The van der Waals surface area contributed by atoms with Crippen molar-refractivity contribution in [2.75, 3.05) is 18.5 Å². The molecule has 2 aromatic rings. The molecule has 1 aromatic heterocycles. The zero-order valence-electron chi connectivity index (χ0n) is 11.2. The van der Waals surface area contributed by atoms with Crippen molar-refractivity contribution >= 4 is 5.95 Å². The molecule has 0 amide bonds. The number of aryl methyl sites for hydroxylation is 1. The van der Waals surface area contributed by atoms with E-state index in [-0.39, 0.29) is 0 Å². The first kappa shape index (κ1) is 13.2. The number of anilines is 1. The van der Waals surface area contributed by atoms with Gasteiger partial charge in [-0.1, -0.05) is 24.3 Å². The molecule has 4 heteroatoms. The summed E-state index contributed by atoms with van der Waals surface area (Å²) < 4.78 is 7.74. The molecule has 0 aliphatic heterocycles. The monoisotopic (exact) mass is 257 g/mol. The molecule has 0 aliphatic carbocycles. The first-order valence-corrected chi connectivity index (χ1v) is 6.36. The Bertz CT molecular complexity index is 519. The predicted octanol–water partition coefficient (Wildman–Crippen LogP) is 2.87. The second kappa shape index (κ2) is 6.64. The quantitative estimate of drug-likeness (QED) is 0.775. The number of hydrogen-bond acceptors (Lipinski definition) is 3. The lowest BCUT2D eigenvalue weighted by atomic mass is 10.3. The van der Waals surface area contributed by atoms with Crippen molar-refractivity contribution in [2.24, 2.45) is 0 Å². The lowest BCUT2D eigenvalue weighted by molar-refractivity contribution is 0.299. The number of benzene rings is 1. The van der Waals surface area contributed by atoms with E-state index in [9.17, 15) is 0 Å². The van der Waals surface area contributed by atoms with E-state index in [2.05, 4.69) is 21.4 Å². The lowest BCUT2D eigenvalue weighted by Crippen LogP contribution is -2.11. The van der Waals surface area contributed by atoms with Gasteiger partial charge in [0.25, 0.3) is 0 Å². The summed E-state index contributed by atoms with van der Waals surface area (Å²) in [5, 5.41) is 3.21. The fourth-order valence-electron chi connectivity index (χ4n) is 1.80. The summed E-state index contributed by atoms with van der Waals surface area (Å²) in [5.74, 6) is 1.74. The minimum absolute atomic E-state index is 0.614. The largest absolute Gasteiger partial charge is 0.492 e. The number of imidazole rings is 1. The molecular weight excluding hydrogens is 238 g/mol. The summed E-state index contributed by atoms with van der Waals surface area (Å²) in [7, 11) is 0. The Morgan fingerprint density at radius 2 is 2.16 bits per heavy atom. The Balaban J connectivity index is 1.90. The minimum atomic E-state index is 0.614. The summed E-state index contributed by atoms with van der Waals surface area (Å²) >= 11 is 0. The van der Waals surface area contributed by atoms with Crippen molar-refractivity contribution in [3.05, 3.63) is 54.9 Å².